The van der Waals surface area contributed by atoms with Gasteiger partial charge in [-0.25, -0.2) is 4.98 Å². The second-order valence-electron chi connectivity index (χ2n) is 5.76. The molecule has 0 N–H and O–H groups in total. The number of aryl methyl sites for hydroxylation is 4. The molecule has 2 aromatic heterocycles. The van der Waals surface area contributed by atoms with Gasteiger partial charge in [-0.3, -0.25) is 9.48 Å². The van der Waals surface area contributed by atoms with Crippen LogP contribution < -0.4 is 0 Å². The van der Waals surface area contributed by atoms with Gasteiger partial charge in [-0.05, 0) is 13.8 Å². The Morgan fingerprint density at radius 3 is 2.68 bits per heavy atom. The van der Waals surface area contributed by atoms with Crippen molar-refractivity contribution in [3.05, 3.63) is 35.2 Å². The molecule has 0 bridgehead atoms. The third-order valence-electron chi connectivity index (χ3n) is 3.92. The summed E-state index contributed by atoms with van der Waals surface area (Å²) in [5, 5.41) is 4.24. The molecule has 1 aliphatic rings. The molecule has 0 aromatic carbocycles. The molecule has 7 nitrogen and oxygen atoms in total. The first kappa shape index (κ1) is 14.8. The molecule has 0 spiro atoms. The number of amides is 1. The van der Waals surface area contributed by atoms with Crippen molar-refractivity contribution in [1.82, 2.24) is 24.2 Å². The first-order chi connectivity index (χ1) is 10.5. The minimum absolute atomic E-state index is 0.00447. The van der Waals surface area contributed by atoms with Gasteiger partial charge in [0.15, 0.2) is 0 Å². The zero-order chi connectivity index (χ0) is 15.9. The lowest BCUT2D eigenvalue weighted by Gasteiger charge is -2.32. The van der Waals surface area contributed by atoms with Crippen LogP contribution in [0.15, 0.2) is 12.4 Å². The number of imidazole rings is 1. The number of carbonyl (C=O) groups excluding carboxylic acids is 1. The third kappa shape index (κ3) is 2.64. The summed E-state index contributed by atoms with van der Waals surface area (Å²) in [4.78, 5) is 19.0. The van der Waals surface area contributed by atoms with Crippen molar-refractivity contribution >= 4 is 5.91 Å². The van der Waals surface area contributed by atoms with E-state index in [1.807, 2.05) is 43.6 Å². The summed E-state index contributed by atoms with van der Waals surface area (Å²) in [6.07, 6.45) is 3.55. The second kappa shape index (κ2) is 5.57. The molecular weight excluding hydrogens is 282 g/mol. The monoisotopic (exact) mass is 303 g/mol. The first-order valence-corrected chi connectivity index (χ1v) is 7.36. The van der Waals surface area contributed by atoms with Crippen molar-refractivity contribution in [2.45, 2.75) is 20.0 Å². The van der Waals surface area contributed by atoms with E-state index >= 15 is 0 Å². The molecule has 7 heteroatoms. The average molecular weight is 303 g/mol. The fourth-order valence-electron chi connectivity index (χ4n) is 2.90. The highest BCUT2D eigenvalue weighted by molar-refractivity contribution is 5.95. The van der Waals surface area contributed by atoms with E-state index in [0.29, 0.717) is 25.3 Å². The van der Waals surface area contributed by atoms with Gasteiger partial charge < -0.3 is 14.2 Å². The Hall–Kier alpha value is -2.15. The molecule has 0 radical (unpaired) electrons. The molecular formula is C15H21N5O2. The maximum Gasteiger partial charge on any atom is 0.257 e. The molecule has 1 atom stereocenters. The molecule has 1 fully saturated rings. The molecule has 0 unspecified atom stereocenters. The fraction of sp³-hybridized carbons (Fsp3) is 0.533. The van der Waals surface area contributed by atoms with Crippen LogP contribution >= 0.6 is 0 Å². The fourth-order valence-corrected chi connectivity index (χ4v) is 2.90. The van der Waals surface area contributed by atoms with E-state index in [1.54, 1.807) is 10.9 Å². The highest BCUT2D eigenvalue weighted by Crippen LogP contribution is 2.23. The summed E-state index contributed by atoms with van der Waals surface area (Å²) in [5.74, 6) is 0.864. The number of carbonyl (C=O) groups is 1. The van der Waals surface area contributed by atoms with Crippen molar-refractivity contribution in [1.29, 1.82) is 0 Å². The van der Waals surface area contributed by atoms with E-state index in [9.17, 15) is 4.79 Å². The summed E-state index contributed by atoms with van der Waals surface area (Å²) in [6, 6.07) is 0. The number of nitrogens with zero attached hydrogens (tertiary/aromatic N) is 5. The van der Waals surface area contributed by atoms with Gasteiger partial charge in [-0.2, -0.15) is 5.10 Å². The highest BCUT2D eigenvalue weighted by atomic mass is 16.5. The quantitative estimate of drug-likeness (QED) is 0.830. The summed E-state index contributed by atoms with van der Waals surface area (Å²) < 4.78 is 9.44. The molecule has 1 saturated heterocycles. The van der Waals surface area contributed by atoms with Crippen LogP contribution in [0.2, 0.25) is 0 Å². The topological polar surface area (TPSA) is 65.2 Å². The SMILES string of the molecule is Cc1cn(C)c([C@@H]2CN(C(=O)c3cn(C)nc3C)CCO2)n1. The van der Waals surface area contributed by atoms with E-state index in [2.05, 4.69) is 10.1 Å². The second-order valence-corrected chi connectivity index (χ2v) is 5.76. The van der Waals surface area contributed by atoms with Crippen LogP contribution in [-0.2, 0) is 18.8 Å². The lowest BCUT2D eigenvalue weighted by molar-refractivity contribution is -0.0279. The van der Waals surface area contributed by atoms with Crippen LogP contribution in [0.5, 0.6) is 0 Å². The van der Waals surface area contributed by atoms with E-state index in [0.717, 1.165) is 17.2 Å². The number of rotatable bonds is 2. The molecule has 22 heavy (non-hydrogen) atoms. The van der Waals surface area contributed by atoms with Crippen LogP contribution in [0, 0.1) is 13.8 Å². The molecule has 1 amide bonds. The van der Waals surface area contributed by atoms with Crippen molar-refractivity contribution in [2.24, 2.45) is 14.1 Å². The molecule has 0 aliphatic carbocycles. The Kier molecular flexibility index (Phi) is 3.74. The number of aromatic nitrogens is 4. The first-order valence-electron chi connectivity index (χ1n) is 7.36. The van der Waals surface area contributed by atoms with Crippen molar-refractivity contribution < 1.29 is 9.53 Å². The Labute approximate surface area is 129 Å². The van der Waals surface area contributed by atoms with Gasteiger partial charge in [0.1, 0.15) is 11.9 Å². The molecule has 2 aromatic rings. The van der Waals surface area contributed by atoms with Crippen LogP contribution in [0.25, 0.3) is 0 Å². The van der Waals surface area contributed by atoms with Gasteiger partial charge in [-0.1, -0.05) is 0 Å². The Balaban J connectivity index is 1.80. The summed E-state index contributed by atoms with van der Waals surface area (Å²) >= 11 is 0. The van der Waals surface area contributed by atoms with Crippen LogP contribution in [0.1, 0.15) is 33.7 Å². The Morgan fingerprint density at radius 2 is 2.09 bits per heavy atom. The summed E-state index contributed by atoms with van der Waals surface area (Å²) in [5.41, 5.74) is 2.36. The van der Waals surface area contributed by atoms with E-state index < -0.39 is 0 Å². The molecule has 118 valence electrons. The molecule has 1 aliphatic heterocycles. The zero-order valence-electron chi connectivity index (χ0n) is 13.4. The highest BCUT2D eigenvalue weighted by Gasteiger charge is 2.29. The number of hydrogen-bond donors (Lipinski definition) is 0. The largest absolute Gasteiger partial charge is 0.367 e. The van der Waals surface area contributed by atoms with E-state index in [4.69, 9.17) is 4.74 Å². The Morgan fingerprint density at radius 1 is 1.32 bits per heavy atom. The standard InChI is InChI=1S/C15H21N5O2/c1-10-7-18(3)14(16-10)13-9-20(5-6-22-13)15(21)12-8-19(4)17-11(12)2/h7-8,13H,5-6,9H2,1-4H3/t13-/m0/s1. The lowest BCUT2D eigenvalue weighted by atomic mass is 10.2. The summed E-state index contributed by atoms with van der Waals surface area (Å²) in [7, 11) is 3.77. The zero-order valence-corrected chi connectivity index (χ0v) is 13.4. The molecule has 3 heterocycles. The van der Waals surface area contributed by atoms with Crippen LogP contribution in [0.3, 0.4) is 0 Å². The van der Waals surface area contributed by atoms with E-state index in [1.165, 1.54) is 0 Å². The Bertz CT molecular complexity index is 703. The van der Waals surface area contributed by atoms with Crippen LogP contribution in [0.4, 0.5) is 0 Å². The lowest BCUT2D eigenvalue weighted by Crippen LogP contribution is -2.43. The van der Waals surface area contributed by atoms with Gasteiger partial charge in [0.05, 0.1) is 30.1 Å². The normalized spacial score (nSPS) is 18.7. The van der Waals surface area contributed by atoms with Gasteiger partial charge in [0, 0.05) is 33.0 Å². The van der Waals surface area contributed by atoms with Crippen molar-refractivity contribution in [3.8, 4) is 0 Å². The van der Waals surface area contributed by atoms with Gasteiger partial charge in [-0.15, -0.1) is 0 Å². The molecule has 3 rings (SSSR count). The van der Waals surface area contributed by atoms with Crippen molar-refractivity contribution in [2.75, 3.05) is 19.7 Å². The van der Waals surface area contributed by atoms with Gasteiger partial charge in [0.25, 0.3) is 5.91 Å². The number of morpholine rings is 1. The third-order valence-corrected chi connectivity index (χ3v) is 3.92. The number of hydrogen-bond acceptors (Lipinski definition) is 4. The molecule has 0 saturated carbocycles. The van der Waals surface area contributed by atoms with E-state index in [-0.39, 0.29) is 12.0 Å². The smallest absolute Gasteiger partial charge is 0.257 e. The van der Waals surface area contributed by atoms with Crippen molar-refractivity contribution in [3.63, 3.8) is 0 Å². The van der Waals surface area contributed by atoms with Gasteiger partial charge >= 0.3 is 0 Å². The summed E-state index contributed by atoms with van der Waals surface area (Å²) in [6.45, 7) is 5.42. The predicted molar refractivity (Wildman–Crippen MR) is 80.5 cm³/mol. The minimum Gasteiger partial charge on any atom is -0.367 e. The maximum atomic E-state index is 12.7. The maximum absolute atomic E-state index is 12.7. The average Bonchev–Trinajstić information content (AvgIpc) is 2.99. The minimum atomic E-state index is -0.187. The predicted octanol–water partition coefficient (Wildman–Crippen LogP) is 0.984. The van der Waals surface area contributed by atoms with Gasteiger partial charge in [0.2, 0.25) is 0 Å². The number of ether oxygens (including phenoxy) is 1. The van der Waals surface area contributed by atoms with Crippen LogP contribution in [-0.4, -0.2) is 49.8 Å².